The van der Waals surface area contributed by atoms with E-state index in [4.69, 9.17) is 4.74 Å². The Balaban J connectivity index is 1.57. The molecule has 1 heteroatoms. The van der Waals surface area contributed by atoms with Gasteiger partial charge in [0.05, 0.1) is 6.61 Å². The molecule has 0 heterocycles. The standard InChI is InChI=1S/C25H32O/c1-3-4-5-6-20-7-11-22(12-8-20)24-15-17-25(18-16-24)23-13-9-21(10-14-23)19-26-2/h4-5,9-10,13-18,20,22H,3,6-8,11-12,19H2,1-2H3/b5-4+. The van der Waals surface area contributed by atoms with E-state index < -0.39 is 0 Å². The first-order valence-electron chi connectivity index (χ1n) is 10.1. The number of hydrogen-bond acceptors (Lipinski definition) is 1. The molecule has 1 aliphatic rings. The third-order valence-electron chi connectivity index (χ3n) is 5.70. The quantitative estimate of drug-likeness (QED) is 0.484. The highest BCUT2D eigenvalue weighted by atomic mass is 16.5. The topological polar surface area (TPSA) is 9.23 Å². The van der Waals surface area contributed by atoms with Crippen LogP contribution in [0.3, 0.4) is 0 Å². The minimum Gasteiger partial charge on any atom is -0.380 e. The molecule has 0 aliphatic heterocycles. The van der Waals surface area contributed by atoms with E-state index in [1.807, 2.05) is 0 Å². The Labute approximate surface area is 159 Å². The smallest absolute Gasteiger partial charge is 0.0713 e. The lowest BCUT2D eigenvalue weighted by Crippen LogP contribution is -2.12. The normalized spacial score (nSPS) is 20.5. The van der Waals surface area contributed by atoms with Crippen LogP contribution in [0.15, 0.2) is 60.7 Å². The average Bonchev–Trinajstić information content (AvgIpc) is 2.70. The van der Waals surface area contributed by atoms with Crippen LogP contribution in [0.5, 0.6) is 0 Å². The minimum atomic E-state index is 0.677. The first-order valence-corrected chi connectivity index (χ1v) is 10.1. The van der Waals surface area contributed by atoms with Gasteiger partial charge in [-0.25, -0.2) is 0 Å². The molecule has 0 bridgehead atoms. The SMILES string of the molecule is CC/C=C/CC1CCC(c2ccc(-c3ccc(COC)cc3)cc2)CC1. The van der Waals surface area contributed by atoms with E-state index in [0.717, 1.165) is 18.3 Å². The number of hydrogen-bond donors (Lipinski definition) is 0. The molecule has 138 valence electrons. The molecule has 3 rings (SSSR count). The molecule has 0 spiro atoms. The fraction of sp³-hybridized carbons (Fsp3) is 0.440. The summed E-state index contributed by atoms with van der Waals surface area (Å²) in [6.45, 7) is 2.89. The average molecular weight is 349 g/mol. The summed E-state index contributed by atoms with van der Waals surface area (Å²) in [5, 5.41) is 0. The van der Waals surface area contributed by atoms with E-state index >= 15 is 0 Å². The van der Waals surface area contributed by atoms with Gasteiger partial charge in [0.25, 0.3) is 0 Å². The highest BCUT2D eigenvalue weighted by Gasteiger charge is 2.21. The van der Waals surface area contributed by atoms with Crippen molar-refractivity contribution in [3.8, 4) is 11.1 Å². The zero-order valence-corrected chi connectivity index (χ0v) is 16.3. The Bertz CT molecular complexity index is 673. The molecule has 0 aromatic heterocycles. The molecule has 1 nitrogen and oxygen atoms in total. The Morgan fingerprint density at radius 2 is 1.46 bits per heavy atom. The van der Waals surface area contributed by atoms with Gasteiger partial charge in [-0.3, -0.25) is 0 Å². The van der Waals surface area contributed by atoms with Crippen molar-refractivity contribution >= 4 is 0 Å². The summed E-state index contributed by atoms with van der Waals surface area (Å²) in [5.41, 5.74) is 5.32. The maximum absolute atomic E-state index is 5.19. The molecule has 0 atom stereocenters. The molecule has 0 unspecified atom stereocenters. The molecular weight excluding hydrogens is 316 g/mol. The molecule has 2 aromatic carbocycles. The van der Waals surface area contributed by atoms with Gasteiger partial charge in [-0.2, -0.15) is 0 Å². The Hall–Kier alpha value is -1.86. The summed E-state index contributed by atoms with van der Waals surface area (Å²) in [4.78, 5) is 0. The number of methoxy groups -OCH3 is 1. The molecule has 2 aromatic rings. The van der Waals surface area contributed by atoms with Crippen molar-refractivity contribution in [1.29, 1.82) is 0 Å². The van der Waals surface area contributed by atoms with Crippen molar-refractivity contribution in [2.45, 2.75) is 58.0 Å². The van der Waals surface area contributed by atoms with Crippen molar-refractivity contribution in [3.05, 3.63) is 71.8 Å². The molecular formula is C25H32O. The van der Waals surface area contributed by atoms with Gasteiger partial charge in [0, 0.05) is 7.11 Å². The van der Waals surface area contributed by atoms with Gasteiger partial charge in [-0.15, -0.1) is 0 Å². The van der Waals surface area contributed by atoms with E-state index in [0.29, 0.717) is 6.61 Å². The zero-order valence-electron chi connectivity index (χ0n) is 16.3. The van der Waals surface area contributed by atoms with Crippen molar-refractivity contribution in [2.24, 2.45) is 5.92 Å². The van der Waals surface area contributed by atoms with Crippen molar-refractivity contribution < 1.29 is 4.74 Å². The maximum atomic E-state index is 5.19. The summed E-state index contributed by atoms with van der Waals surface area (Å²) >= 11 is 0. The molecule has 26 heavy (non-hydrogen) atoms. The second-order valence-corrected chi connectivity index (χ2v) is 7.58. The summed E-state index contributed by atoms with van der Waals surface area (Å²) in [7, 11) is 1.74. The van der Waals surface area contributed by atoms with E-state index in [9.17, 15) is 0 Å². The van der Waals surface area contributed by atoms with Crippen LogP contribution in [-0.4, -0.2) is 7.11 Å². The van der Waals surface area contributed by atoms with Gasteiger partial charge >= 0.3 is 0 Å². The molecule has 0 N–H and O–H groups in total. The second-order valence-electron chi connectivity index (χ2n) is 7.58. The van der Waals surface area contributed by atoms with Crippen LogP contribution in [0.25, 0.3) is 11.1 Å². The first kappa shape index (κ1) is 18.9. The summed E-state index contributed by atoms with van der Waals surface area (Å²) in [5.74, 6) is 1.65. The van der Waals surface area contributed by atoms with Crippen LogP contribution >= 0.6 is 0 Å². The lowest BCUT2D eigenvalue weighted by atomic mass is 9.77. The lowest BCUT2D eigenvalue weighted by Gasteiger charge is -2.28. The third kappa shape index (κ3) is 5.08. The highest BCUT2D eigenvalue weighted by Crippen LogP contribution is 2.37. The van der Waals surface area contributed by atoms with E-state index in [1.54, 1.807) is 7.11 Å². The van der Waals surface area contributed by atoms with Gasteiger partial charge < -0.3 is 4.74 Å². The number of benzene rings is 2. The van der Waals surface area contributed by atoms with Crippen molar-refractivity contribution in [1.82, 2.24) is 0 Å². The molecule has 1 fully saturated rings. The minimum absolute atomic E-state index is 0.677. The van der Waals surface area contributed by atoms with Crippen molar-refractivity contribution in [2.75, 3.05) is 7.11 Å². The number of allylic oxidation sites excluding steroid dienone is 2. The van der Waals surface area contributed by atoms with Crippen LogP contribution in [0, 0.1) is 5.92 Å². The Kier molecular flexibility index (Phi) is 7.08. The molecule has 1 saturated carbocycles. The van der Waals surface area contributed by atoms with Crippen LogP contribution < -0.4 is 0 Å². The summed E-state index contributed by atoms with van der Waals surface area (Å²) in [6, 6.07) is 18.0. The van der Waals surface area contributed by atoms with Crippen LogP contribution in [0.1, 0.15) is 62.5 Å². The number of ether oxygens (including phenoxy) is 1. The fourth-order valence-corrected chi connectivity index (χ4v) is 4.09. The van der Waals surface area contributed by atoms with E-state index in [-0.39, 0.29) is 0 Å². The molecule has 0 radical (unpaired) electrons. The molecule has 0 amide bonds. The highest BCUT2D eigenvalue weighted by molar-refractivity contribution is 5.64. The van der Waals surface area contributed by atoms with Crippen LogP contribution in [-0.2, 0) is 11.3 Å². The monoisotopic (exact) mass is 348 g/mol. The van der Waals surface area contributed by atoms with Crippen molar-refractivity contribution in [3.63, 3.8) is 0 Å². The molecule has 1 aliphatic carbocycles. The summed E-state index contributed by atoms with van der Waals surface area (Å²) < 4.78 is 5.19. The van der Waals surface area contributed by atoms with Gasteiger partial charge in [0.2, 0.25) is 0 Å². The van der Waals surface area contributed by atoms with Crippen LogP contribution in [0.4, 0.5) is 0 Å². The van der Waals surface area contributed by atoms with E-state index in [1.165, 1.54) is 54.4 Å². The maximum Gasteiger partial charge on any atom is 0.0713 e. The second kappa shape index (κ2) is 9.73. The number of rotatable bonds is 7. The van der Waals surface area contributed by atoms with Gasteiger partial charge in [-0.1, -0.05) is 67.6 Å². The third-order valence-corrected chi connectivity index (χ3v) is 5.70. The Morgan fingerprint density at radius 1 is 0.846 bits per heavy atom. The van der Waals surface area contributed by atoms with Gasteiger partial charge in [0.15, 0.2) is 0 Å². The van der Waals surface area contributed by atoms with Gasteiger partial charge in [0.1, 0.15) is 0 Å². The predicted octanol–water partition coefficient (Wildman–Crippen LogP) is 7.13. The largest absolute Gasteiger partial charge is 0.380 e. The predicted molar refractivity (Wildman–Crippen MR) is 111 cm³/mol. The molecule has 0 saturated heterocycles. The zero-order chi connectivity index (χ0) is 18.2. The fourth-order valence-electron chi connectivity index (χ4n) is 4.09. The van der Waals surface area contributed by atoms with E-state index in [2.05, 4.69) is 67.6 Å². The first-order chi connectivity index (χ1) is 12.8. The van der Waals surface area contributed by atoms with Crippen LogP contribution in [0.2, 0.25) is 0 Å². The van der Waals surface area contributed by atoms with Gasteiger partial charge in [-0.05, 0) is 72.6 Å². The lowest BCUT2D eigenvalue weighted by molar-refractivity contribution is 0.185. The summed E-state index contributed by atoms with van der Waals surface area (Å²) in [6.07, 6.45) is 12.6. The Morgan fingerprint density at radius 3 is 2.04 bits per heavy atom.